The van der Waals surface area contributed by atoms with E-state index >= 15 is 4.39 Å². The lowest BCUT2D eigenvalue weighted by atomic mass is 9.80. The van der Waals surface area contributed by atoms with Crippen LogP contribution in [0, 0.1) is 18.2 Å². The summed E-state index contributed by atoms with van der Waals surface area (Å²) in [4.78, 5) is 26.7. The molecule has 0 radical (unpaired) electrons. The van der Waals surface area contributed by atoms with Gasteiger partial charge in [-0.25, -0.2) is 19.3 Å². The van der Waals surface area contributed by atoms with Crippen molar-refractivity contribution in [2.75, 3.05) is 18.0 Å². The van der Waals surface area contributed by atoms with Gasteiger partial charge in [0.25, 0.3) is 0 Å². The molecule has 1 N–H and O–H groups in total. The van der Waals surface area contributed by atoms with Crippen LogP contribution in [-0.4, -0.2) is 50.3 Å². The molecule has 1 aliphatic rings. The van der Waals surface area contributed by atoms with Crippen LogP contribution in [0.5, 0.6) is 5.75 Å². The van der Waals surface area contributed by atoms with Crippen molar-refractivity contribution in [1.82, 2.24) is 19.5 Å². The summed E-state index contributed by atoms with van der Waals surface area (Å²) >= 11 is 6.11. The Balaban J connectivity index is 1.44. The van der Waals surface area contributed by atoms with Gasteiger partial charge < -0.3 is 19.3 Å². The Morgan fingerprint density at radius 1 is 1.18 bits per heavy atom. The van der Waals surface area contributed by atoms with Crippen molar-refractivity contribution in [3.8, 4) is 16.9 Å². The molecular weight excluding hydrogens is 535 g/mol. The number of alkyl halides is 2. The SMILES string of the molecule is Cc1nc2cc(F)c(-c3cnc(N4CCC(C)(C(=O)O)CC4)nc3)cc2n1Cc1cc(Cl)ccc1OC(F)F. The number of nitrogens with zero attached hydrogens (tertiary/aromatic N) is 5. The molecule has 1 aliphatic heterocycles. The van der Waals surface area contributed by atoms with Crippen molar-refractivity contribution >= 4 is 34.6 Å². The van der Waals surface area contributed by atoms with E-state index in [9.17, 15) is 18.7 Å². The average Bonchev–Trinajstić information content (AvgIpc) is 3.19. The number of aryl methyl sites for hydroxylation is 1. The van der Waals surface area contributed by atoms with E-state index in [4.69, 9.17) is 11.6 Å². The Morgan fingerprint density at radius 2 is 1.87 bits per heavy atom. The third-order valence-electron chi connectivity index (χ3n) is 7.21. The van der Waals surface area contributed by atoms with E-state index < -0.39 is 23.8 Å². The number of aliphatic carboxylic acids is 1. The molecule has 3 heterocycles. The first kappa shape index (κ1) is 26.7. The van der Waals surface area contributed by atoms with E-state index in [0.29, 0.717) is 64.9 Å². The zero-order valence-corrected chi connectivity index (χ0v) is 21.9. The highest BCUT2D eigenvalue weighted by molar-refractivity contribution is 6.30. The maximum Gasteiger partial charge on any atom is 0.387 e. The Kier molecular flexibility index (Phi) is 7.11. The predicted octanol–water partition coefficient (Wildman–Crippen LogP) is 5.94. The van der Waals surface area contributed by atoms with Crippen LogP contribution in [0.3, 0.4) is 0 Å². The minimum absolute atomic E-state index is 0.0108. The predicted molar refractivity (Wildman–Crippen MR) is 140 cm³/mol. The largest absolute Gasteiger partial charge is 0.481 e. The zero-order chi connectivity index (χ0) is 27.9. The second-order valence-electron chi connectivity index (χ2n) is 9.82. The van der Waals surface area contributed by atoms with Crippen LogP contribution in [-0.2, 0) is 11.3 Å². The smallest absolute Gasteiger partial charge is 0.387 e. The highest BCUT2D eigenvalue weighted by Gasteiger charge is 2.37. The molecule has 2 aromatic heterocycles. The van der Waals surface area contributed by atoms with Gasteiger partial charge in [0, 0.05) is 53.3 Å². The van der Waals surface area contributed by atoms with Crippen LogP contribution in [0.15, 0.2) is 42.7 Å². The fraction of sp³-hybridized carbons (Fsp3) is 0.333. The van der Waals surface area contributed by atoms with E-state index in [1.807, 2.05) is 4.90 Å². The molecule has 8 nitrogen and oxygen atoms in total. The Labute approximate surface area is 227 Å². The number of carboxylic acids is 1. The van der Waals surface area contributed by atoms with Crippen molar-refractivity contribution in [2.24, 2.45) is 5.41 Å². The van der Waals surface area contributed by atoms with Crippen molar-refractivity contribution < 1.29 is 27.8 Å². The van der Waals surface area contributed by atoms with E-state index in [2.05, 4.69) is 19.7 Å². The van der Waals surface area contributed by atoms with E-state index in [0.717, 1.165) is 0 Å². The number of anilines is 1. The van der Waals surface area contributed by atoms with Gasteiger partial charge in [0.1, 0.15) is 17.4 Å². The summed E-state index contributed by atoms with van der Waals surface area (Å²) in [7, 11) is 0. The molecule has 0 bridgehead atoms. The average molecular weight is 560 g/mol. The summed E-state index contributed by atoms with van der Waals surface area (Å²) in [6, 6.07) is 7.33. The molecule has 204 valence electrons. The molecule has 1 fully saturated rings. The standard InChI is InChI=1S/C27H25ClF3N5O3/c1-15-34-21-11-20(29)19(10-22(21)36(15)14-16-9-18(28)3-4-23(16)39-25(30)31)17-12-32-26(33-13-17)35-7-5-27(2,6-8-35)24(37)38/h3-4,9-13,25H,5-8,14H2,1-2H3,(H,37,38). The van der Waals surface area contributed by atoms with Gasteiger partial charge in [-0.3, -0.25) is 4.79 Å². The lowest BCUT2D eigenvalue weighted by molar-refractivity contribution is -0.149. The number of benzene rings is 2. The number of carboxylic acid groups (broad SMARTS) is 1. The van der Waals surface area contributed by atoms with Gasteiger partial charge in [-0.15, -0.1) is 0 Å². The van der Waals surface area contributed by atoms with Gasteiger partial charge in [-0.05, 0) is 51.0 Å². The van der Waals surface area contributed by atoms with E-state index in [1.165, 1.54) is 30.6 Å². The highest BCUT2D eigenvalue weighted by atomic mass is 35.5. The van der Waals surface area contributed by atoms with E-state index in [1.54, 1.807) is 30.5 Å². The summed E-state index contributed by atoms with van der Waals surface area (Å²) in [6.07, 6.45) is 3.99. The topological polar surface area (TPSA) is 93.4 Å². The normalized spacial score (nSPS) is 15.2. The van der Waals surface area contributed by atoms with Gasteiger partial charge in [-0.2, -0.15) is 8.78 Å². The highest BCUT2D eigenvalue weighted by Crippen LogP contribution is 2.34. The van der Waals surface area contributed by atoms with Gasteiger partial charge >= 0.3 is 12.6 Å². The third-order valence-corrected chi connectivity index (χ3v) is 7.45. The second-order valence-corrected chi connectivity index (χ2v) is 10.3. The molecule has 2 aromatic carbocycles. The summed E-state index contributed by atoms with van der Waals surface area (Å²) in [5.74, 6) is -0.339. The number of aromatic nitrogens is 4. The Morgan fingerprint density at radius 3 is 2.51 bits per heavy atom. The van der Waals surface area contributed by atoms with Gasteiger partial charge in [0.2, 0.25) is 5.95 Å². The van der Waals surface area contributed by atoms with Crippen molar-refractivity contribution in [3.63, 3.8) is 0 Å². The number of piperidine rings is 1. The second kappa shape index (κ2) is 10.4. The summed E-state index contributed by atoms with van der Waals surface area (Å²) in [5.41, 5.74) is 1.33. The number of rotatable bonds is 7. The van der Waals surface area contributed by atoms with Crippen LogP contribution in [0.2, 0.25) is 5.02 Å². The maximum absolute atomic E-state index is 15.2. The molecule has 4 aromatic rings. The molecule has 1 saturated heterocycles. The number of halogens is 4. The first-order valence-corrected chi connectivity index (χ1v) is 12.6. The van der Waals surface area contributed by atoms with Crippen molar-refractivity contribution in [2.45, 2.75) is 39.8 Å². The van der Waals surface area contributed by atoms with Crippen LogP contribution in [0.25, 0.3) is 22.2 Å². The lowest BCUT2D eigenvalue weighted by Gasteiger charge is -2.36. The van der Waals surface area contributed by atoms with Crippen LogP contribution in [0.4, 0.5) is 19.1 Å². The lowest BCUT2D eigenvalue weighted by Crippen LogP contribution is -2.43. The number of hydrogen-bond donors (Lipinski definition) is 1. The van der Waals surface area contributed by atoms with Crippen molar-refractivity contribution in [3.05, 3.63) is 65.0 Å². The molecule has 0 aliphatic carbocycles. The summed E-state index contributed by atoms with van der Waals surface area (Å²) < 4.78 is 47.5. The summed E-state index contributed by atoms with van der Waals surface area (Å²) in [6.45, 7) is 1.60. The third kappa shape index (κ3) is 5.36. The first-order chi connectivity index (χ1) is 18.5. The first-order valence-electron chi connectivity index (χ1n) is 12.2. The number of imidazole rings is 1. The molecule has 0 amide bonds. The quantitative estimate of drug-likeness (QED) is 0.300. The molecule has 5 rings (SSSR count). The maximum atomic E-state index is 15.2. The van der Waals surface area contributed by atoms with E-state index in [-0.39, 0.29) is 17.9 Å². The Bertz CT molecular complexity index is 1540. The van der Waals surface area contributed by atoms with Crippen LogP contribution < -0.4 is 9.64 Å². The molecular formula is C27H25ClF3N5O3. The molecule has 0 spiro atoms. The van der Waals surface area contributed by atoms with Crippen molar-refractivity contribution in [1.29, 1.82) is 0 Å². The zero-order valence-electron chi connectivity index (χ0n) is 21.2. The molecule has 0 unspecified atom stereocenters. The minimum atomic E-state index is -3.00. The molecule has 39 heavy (non-hydrogen) atoms. The minimum Gasteiger partial charge on any atom is -0.481 e. The molecule has 0 atom stereocenters. The van der Waals surface area contributed by atoms with Gasteiger partial charge in [0.15, 0.2) is 0 Å². The van der Waals surface area contributed by atoms with Gasteiger partial charge in [0.05, 0.1) is 23.0 Å². The monoisotopic (exact) mass is 559 g/mol. The molecule has 0 saturated carbocycles. The number of hydrogen-bond acceptors (Lipinski definition) is 6. The fourth-order valence-electron chi connectivity index (χ4n) is 4.78. The fourth-order valence-corrected chi connectivity index (χ4v) is 4.97. The summed E-state index contributed by atoms with van der Waals surface area (Å²) in [5, 5.41) is 9.81. The number of ether oxygens (including phenoxy) is 1. The number of carbonyl (C=O) groups is 1. The Hall–Kier alpha value is -3.86. The van der Waals surface area contributed by atoms with Gasteiger partial charge in [-0.1, -0.05) is 11.6 Å². The molecule has 12 heteroatoms. The van der Waals surface area contributed by atoms with Crippen LogP contribution in [0.1, 0.15) is 31.2 Å². The number of fused-ring (bicyclic) bond motifs is 1. The van der Waals surface area contributed by atoms with Crippen LogP contribution >= 0.6 is 11.6 Å².